The number of anilines is 2. The summed E-state index contributed by atoms with van der Waals surface area (Å²) in [4.78, 5) is 37.6. The number of methoxy groups -OCH3 is 2. The van der Waals surface area contributed by atoms with E-state index in [0.717, 1.165) is 0 Å². The molecule has 0 fully saturated rings. The highest BCUT2D eigenvalue weighted by Gasteiger charge is 2.27. The predicted molar refractivity (Wildman–Crippen MR) is 107 cm³/mol. The summed E-state index contributed by atoms with van der Waals surface area (Å²) in [6, 6.07) is 12.2. The number of esters is 1. The van der Waals surface area contributed by atoms with E-state index < -0.39 is 18.5 Å². The second kappa shape index (κ2) is 8.92. The van der Waals surface area contributed by atoms with Crippen molar-refractivity contribution in [3.63, 3.8) is 0 Å². The fourth-order valence-corrected chi connectivity index (χ4v) is 2.92. The van der Waals surface area contributed by atoms with Crippen LogP contribution in [0, 0.1) is 0 Å². The Balaban J connectivity index is 1.64. The van der Waals surface area contributed by atoms with Crippen LogP contribution in [0.3, 0.4) is 0 Å². The minimum absolute atomic E-state index is 0.135. The number of rotatable bonds is 6. The number of para-hydroxylation sites is 3. The number of ether oxygens (including phenoxy) is 3. The first-order valence-electron chi connectivity index (χ1n) is 8.78. The molecule has 0 saturated heterocycles. The minimum atomic E-state index is -0.696. The zero-order chi connectivity index (χ0) is 20.8. The largest absolute Gasteiger partial charge is 0.493 e. The Kier molecular flexibility index (Phi) is 6.13. The monoisotopic (exact) mass is 396 g/mol. The van der Waals surface area contributed by atoms with Gasteiger partial charge in [0.15, 0.2) is 18.1 Å². The van der Waals surface area contributed by atoms with Crippen LogP contribution in [0.15, 0.2) is 48.5 Å². The van der Waals surface area contributed by atoms with Crippen LogP contribution < -0.4 is 19.7 Å². The number of hydrogen-bond donors (Lipinski definition) is 1. The number of nitrogens with zero attached hydrogens (tertiary/aromatic N) is 1. The summed E-state index contributed by atoms with van der Waals surface area (Å²) < 4.78 is 15.5. The summed E-state index contributed by atoms with van der Waals surface area (Å²) in [5, 5.41) is 2.69. The molecule has 0 bridgehead atoms. The lowest BCUT2D eigenvalue weighted by Gasteiger charge is -2.28. The van der Waals surface area contributed by atoms with Gasteiger partial charge in [-0.05, 0) is 24.3 Å². The highest BCUT2D eigenvalue weighted by molar-refractivity contribution is 6.10. The van der Waals surface area contributed by atoms with Crippen LogP contribution in [0.5, 0.6) is 11.5 Å². The lowest BCUT2D eigenvalue weighted by molar-refractivity contribution is -0.143. The van der Waals surface area contributed by atoms with Gasteiger partial charge < -0.3 is 19.5 Å². The molecular formula is C21H20N2O6. The van der Waals surface area contributed by atoms with E-state index >= 15 is 0 Å². The molecule has 29 heavy (non-hydrogen) atoms. The smallest absolute Gasteiger partial charge is 0.331 e. The van der Waals surface area contributed by atoms with E-state index in [1.165, 1.54) is 31.3 Å². The van der Waals surface area contributed by atoms with Crippen molar-refractivity contribution in [1.29, 1.82) is 0 Å². The lowest BCUT2D eigenvalue weighted by Crippen LogP contribution is -2.43. The lowest BCUT2D eigenvalue weighted by atomic mass is 10.1. The van der Waals surface area contributed by atoms with Gasteiger partial charge in [-0.2, -0.15) is 0 Å². The molecule has 2 amide bonds. The van der Waals surface area contributed by atoms with E-state index in [2.05, 4.69) is 5.32 Å². The van der Waals surface area contributed by atoms with Crippen molar-refractivity contribution in [3.8, 4) is 11.5 Å². The van der Waals surface area contributed by atoms with Gasteiger partial charge >= 0.3 is 5.97 Å². The van der Waals surface area contributed by atoms with Crippen molar-refractivity contribution >= 4 is 35.2 Å². The standard InChI is InChI=1S/C21H20N2O6/c1-27-17-9-5-6-14(21(17)28-2)10-11-20(26)29-13-19(25)23-12-18(24)22-15-7-3-4-8-16(15)23/h3-11H,12-13H2,1-2H3,(H,22,24)/b11-10+. The Morgan fingerprint density at radius 1 is 1.10 bits per heavy atom. The number of amides is 2. The van der Waals surface area contributed by atoms with Gasteiger partial charge in [0.25, 0.3) is 5.91 Å². The molecule has 1 N–H and O–H groups in total. The summed E-state index contributed by atoms with van der Waals surface area (Å²) >= 11 is 0. The number of carbonyl (C=O) groups excluding carboxylic acids is 3. The van der Waals surface area contributed by atoms with Gasteiger partial charge in [0.05, 0.1) is 25.6 Å². The summed E-state index contributed by atoms with van der Waals surface area (Å²) in [5.41, 5.74) is 1.72. The van der Waals surface area contributed by atoms with Crippen LogP contribution in [-0.2, 0) is 19.1 Å². The SMILES string of the molecule is COc1cccc(/C=C/C(=O)OCC(=O)N2CC(=O)Nc3ccccc32)c1OC. The first kappa shape index (κ1) is 19.9. The van der Waals surface area contributed by atoms with Gasteiger partial charge in [0, 0.05) is 11.6 Å². The third kappa shape index (κ3) is 4.55. The maximum atomic E-state index is 12.5. The third-order valence-corrected chi connectivity index (χ3v) is 4.24. The van der Waals surface area contributed by atoms with Crippen molar-refractivity contribution in [1.82, 2.24) is 0 Å². The molecule has 8 heteroatoms. The molecule has 8 nitrogen and oxygen atoms in total. The van der Waals surface area contributed by atoms with Crippen molar-refractivity contribution in [2.24, 2.45) is 0 Å². The van der Waals surface area contributed by atoms with Gasteiger partial charge in [-0.1, -0.05) is 24.3 Å². The second-order valence-corrected chi connectivity index (χ2v) is 6.07. The molecule has 150 valence electrons. The maximum absolute atomic E-state index is 12.5. The number of benzene rings is 2. The highest BCUT2D eigenvalue weighted by Crippen LogP contribution is 2.31. The molecule has 0 atom stereocenters. The van der Waals surface area contributed by atoms with Gasteiger partial charge in [0.2, 0.25) is 5.91 Å². The average molecular weight is 396 g/mol. The molecular weight excluding hydrogens is 376 g/mol. The zero-order valence-electron chi connectivity index (χ0n) is 16.0. The number of fused-ring (bicyclic) bond motifs is 1. The van der Waals surface area contributed by atoms with Crippen molar-refractivity contribution < 1.29 is 28.6 Å². The molecule has 2 aromatic carbocycles. The van der Waals surface area contributed by atoms with E-state index in [9.17, 15) is 14.4 Å². The summed E-state index contributed by atoms with van der Waals surface area (Å²) in [6.45, 7) is -0.621. The van der Waals surface area contributed by atoms with Crippen LogP contribution in [0.4, 0.5) is 11.4 Å². The fourth-order valence-electron chi connectivity index (χ4n) is 2.92. The van der Waals surface area contributed by atoms with Crippen LogP contribution in [0.2, 0.25) is 0 Å². The molecule has 3 rings (SSSR count). The topological polar surface area (TPSA) is 94.2 Å². The first-order valence-corrected chi connectivity index (χ1v) is 8.78. The first-order chi connectivity index (χ1) is 14.0. The highest BCUT2D eigenvalue weighted by atomic mass is 16.5. The molecule has 1 heterocycles. The third-order valence-electron chi connectivity index (χ3n) is 4.24. The second-order valence-electron chi connectivity index (χ2n) is 6.07. The van der Waals surface area contributed by atoms with Crippen molar-refractivity contribution in [3.05, 3.63) is 54.1 Å². The molecule has 0 unspecified atom stereocenters. The minimum Gasteiger partial charge on any atom is -0.493 e. The summed E-state index contributed by atoms with van der Waals surface area (Å²) in [6.07, 6.45) is 2.71. The predicted octanol–water partition coefficient (Wildman–Crippen LogP) is 2.25. The molecule has 0 aromatic heterocycles. The molecule has 0 saturated carbocycles. The summed E-state index contributed by atoms with van der Waals surface area (Å²) in [5.74, 6) is -0.495. The van der Waals surface area contributed by atoms with E-state index in [0.29, 0.717) is 28.4 Å². The molecule has 0 spiro atoms. The van der Waals surface area contributed by atoms with Gasteiger partial charge in [-0.3, -0.25) is 14.5 Å². The molecule has 0 aliphatic carbocycles. The molecule has 0 radical (unpaired) electrons. The number of hydrogen-bond acceptors (Lipinski definition) is 6. The van der Waals surface area contributed by atoms with E-state index in [4.69, 9.17) is 14.2 Å². The van der Waals surface area contributed by atoms with Crippen molar-refractivity contribution in [2.75, 3.05) is 37.6 Å². The molecule has 1 aliphatic heterocycles. The average Bonchev–Trinajstić information content (AvgIpc) is 2.74. The van der Waals surface area contributed by atoms with Gasteiger partial charge in [0.1, 0.15) is 6.54 Å². The fraction of sp³-hybridized carbons (Fsp3) is 0.190. The van der Waals surface area contributed by atoms with Crippen molar-refractivity contribution in [2.45, 2.75) is 0 Å². The van der Waals surface area contributed by atoms with E-state index in [-0.39, 0.29) is 12.5 Å². The Hall–Kier alpha value is -3.81. The normalized spacial score (nSPS) is 12.9. The van der Waals surface area contributed by atoms with Gasteiger partial charge in [-0.15, -0.1) is 0 Å². The van der Waals surface area contributed by atoms with Gasteiger partial charge in [-0.25, -0.2) is 4.79 Å². The van der Waals surface area contributed by atoms with E-state index in [1.54, 1.807) is 42.5 Å². The zero-order valence-corrected chi connectivity index (χ0v) is 16.0. The summed E-state index contributed by atoms with van der Waals surface area (Å²) in [7, 11) is 3.02. The van der Waals surface area contributed by atoms with E-state index in [1.807, 2.05) is 0 Å². The number of carbonyl (C=O) groups is 3. The Morgan fingerprint density at radius 3 is 2.66 bits per heavy atom. The van der Waals surface area contributed by atoms with Crippen LogP contribution >= 0.6 is 0 Å². The Bertz CT molecular complexity index is 969. The number of nitrogens with one attached hydrogen (secondary N) is 1. The van der Waals surface area contributed by atoms with Crippen LogP contribution in [0.25, 0.3) is 6.08 Å². The molecule has 1 aliphatic rings. The molecule has 2 aromatic rings. The Morgan fingerprint density at radius 2 is 1.90 bits per heavy atom. The quantitative estimate of drug-likeness (QED) is 0.595. The van der Waals surface area contributed by atoms with Crippen LogP contribution in [0.1, 0.15) is 5.56 Å². The maximum Gasteiger partial charge on any atom is 0.331 e. The Labute approximate surface area is 167 Å². The van der Waals surface area contributed by atoms with Crippen LogP contribution in [-0.4, -0.2) is 45.2 Å².